The molecule has 8 heteroatoms. The number of carboxylic acid groups (broad SMARTS) is 1. The van der Waals surface area contributed by atoms with Gasteiger partial charge in [-0.3, -0.25) is 10.1 Å². The Kier molecular flexibility index (Phi) is 5.55. The highest BCUT2D eigenvalue weighted by Crippen LogP contribution is 2.24. The summed E-state index contributed by atoms with van der Waals surface area (Å²) in [5.41, 5.74) is 2.65. The fourth-order valence-corrected chi connectivity index (χ4v) is 2.69. The predicted octanol–water partition coefficient (Wildman–Crippen LogP) is 0.986. The highest BCUT2D eigenvalue weighted by molar-refractivity contribution is 5.91. The Balaban J connectivity index is 1.65. The van der Waals surface area contributed by atoms with Crippen LogP contribution in [0.1, 0.15) is 17.5 Å². The van der Waals surface area contributed by atoms with Crippen LogP contribution in [-0.2, 0) is 27.5 Å². The number of carbonyl (C=O) groups excluding carboxylic acids is 3. The Bertz CT molecular complexity index is 854. The zero-order chi connectivity index (χ0) is 19.2. The first kappa shape index (κ1) is 18.2. The number of carboxylic acids is 1. The van der Waals surface area contributed by atoms with Gasteiger partial charge in [0, 0.05) is 30.3 Å². The van der Waals surface area contributed by atoms with E-state index in [4.69, 9.17) is 4.74 Å². The summed E-state index contributed by atoms with van der Waals surface area (Å²) in [7, 11) is 0. The lowest BCUT2D eigenvalue weighted by molar-refractivity contribution is -0.305. The SMILES string of the molecule is O=C([O-])CC1Nc2cc(NC(=O)OCc3ccccc3)ccc2CNC1=O. The Morgan fingerprint density at radius 3 is 2.70 bits per heavy atom. The molecule has 3 N–H and O–H groups in total. The molecule has 0 aliphatic carbocycles. The van der Waals surface area contributed by atoms with Crippen LogP contribution in [0.15, 0.2) is 48.5 Å². The third kappa shape index (κ3) is 4.97. The van der Waals surface area contributed by atoms with Crippen molar-refractivity contribution in [3.8, 4) is 0 Å². The van der Waals surface area contributed by atoms with Gasteiger partial charge in [-0.25, -0.2) is 4.79 Å². The summed E-state index contributed by atoms with van der Waals surface area (Å²) in [6, 6.07) is 13.4. The molecule has 0 saturated heterocycles. The highest BCUT2D eigenvalue weighted by atomic mass is 16.5. The zero-order valence-electron chi connectivity index (χ0n) is 14.4. The van der Waals surface area contributed by atoms with E-state index in [1.165, 1.54) is 0 Å². The maximum absolute atomic E-state index is 12.0. The Labute approximate surface area is 155 Å². The van der Waals surface area contributed by atoms with Crippen molar-refractivity contribution in [3.63, 3.8) is 0 Å². The summed E-state index contributed by atoms with van der Waals surface area (Å²) in [6.07, 6.45) is -1.07. The second-order valence-electron chi connectivity index (χ2n) is 6.05. The van der Waals surface area contributed by atoms with E-state index in [2.05, 4.69) is 16.0 Å². The van der Waals surface area contributed by atoms with Crippen molar-refractivity contribution in [2.45, 2.75) is 25.6 Å². The fraction of sp³-hybridized carbons (Fsp3) is 0.211. The van der Waals surface area contributed by atoms with Crippen molar-refractivity contribution in [1.82, 2.24) is 5.32 Å². The topological polar surface area (TPSA) is 120 Å². The molecular weight excluding hydrogens is 350 g/mol. The van der Waals surface area contributed by atoms with Crippen LogP contribution in [0, 0.1) is 0 Å². The van der Waals surface area contributed by atoms with Gasteiger partial charge in [-0.15, -0.1) is 0 Å². The van der Waals surface area contributed by atoms with E-state index in [1.54, 1.807) is 18.2 Å². The molecule has 2 aromatic rings. The normalized spacial score (nSPS) is 15.6. The Morgan fingerprint density at radius 1 is 1.19 bits per heavy atom. The standard InChI is InChI=1S/C19H19N3O5/c23-17(24)9-16-18(25)20-10-13-6-7-14(8-15(13)22-16)21-19(26)27-11-12-4-2-1-3-5-12/h1-8,16,22H,9-11H2,(H,20,25)(H,21,26)(H,23,24)/p-1. The van der Waals surface area contributed by atoms with Crippen molar-refractivity contribution < 1.29 is 24.2 Å². The first-order valence-corrected chi connectivity index (χ1v) is 8.36. The van der Waals surface area contributed by atoms with Gasteiger partial charge in [-0.05, 0) is 23.3 Å². The molecule has 1 unspecified atom stereocenters. The summed E-state index contributed by atoms with van der Waals surface area (Å²) < 4.78 is 5.17. The minimum absolute atomic E-state index is 0.141. The molecule has 2 amide bonds. The van der Waals surface area contributed by atoms with Crippen LogP contribution in [-0.4, -0.2) is 24.0 Å². The quantitative estimate of drug-likeness (QED) is 0.724. The van der Waals surface area contributed by atoms with E-state index in [1.807, 2.05) is 30.3 Å². The lowest BCUT2D eigenvalue weighted by atomic mass is 10.1. The Morgan fingerprint density at radius 2 is 1.96 bits per heavy atom. The maximum atomic E-state index is 12.0. The third-order valence-corrected chi connectivity index (χ3v) is 4.04. The number of hydrogen-bond acceptors (Lipinski definition) is 6. The van der Waals surface area contributed by atoms with E-state index in [0.717, 1.165) is 11.1 Å². The zero-order valence-corrected chi connectivity index (χ0v) is 14.4. The molecule has 1 aliphatic heterocycles. The second kappa shape index (κ2) is 8.22. The predicted molar refractivity (Wildman–Crippen MR) is 95.6 cm³/mol. The monoisotopic (exact) mass is 368 g/mol. The molecule has 1 aliphatic rings. The number of ether oxygens (including phenoxy) is 1. The summed E-state index contributed by atoms with van der Waals surface area (Å²) in [4.78, 5) is 34.8. The van der Waals surface area contributed by atoms with Gasteiger partial charge in [0.05, 0.1) is 0 Å². The minimum Gasteiger partial charge on any atom is -0.550 e. The van der Waals surface area contributed by atoms with Crippen molar-refractivity contribution in [2.75, 3.05) is 10.6 Å². The van der Waals surface area contributed by atoms with Crippen LogP contribution in [0.3, 0.4) is 0 Å². The van der Waals surface area contributed by atoms with E-state index in [-0.39, 0.29) is 13.2 Å². The molecule has 0 saturated carbocycles. The first-order chi connectivity index (χ1) is 13.0. The molecule has 1 heterocycles. The molecule has 0 fully saturated rings. The number of benzene rings is 2. The van der Waals surface area contributed by atoms with Gasteiger partial charge in [0.25, 0.3) is 0 Å². The number of carbonyl (C=O) groups is 3. The smallest absolute Gasteiger partial charge is 0.411 e. The number of aliphatic carboxylic acids is 1. The van der Waals surface area contributed by atoms with Gasteiger partial charge in [-0.2, -0.15) is 0 Å². The summed E-state index contributed by atoms with van der Waals surface area (Å²) in [6.45, 7) is 0.394. The van der Waals surface area contributed by atoms with E-state index < -0.39 is 30.4 Å². The first-order valence-electron chi connectivity index (χ1n) is 8.36. The molecular formula is C19H18N3O5-. The molecule has 140 valence electrons. The van der Waals surface area contributed by atoms with Crippen LogP contribution >= 0.6 is 0 Å². The number of anilines is 2. The molecule has 0 bridgehead atoms. The lowest BCUT2D eigenvalue weighted by Crippen LogP contribution is -2.41. The average molecular weight is 368 g/mol. The molecule has 2 aromatic carbocycles. The third-order valence-electron chi connectivity index (χ3n) is 4.04. The molecule has 1 atom stereocenters. The van der Waals surface area contributed by atoms with E-state index in [0.29, 0.717) is 11.4 Å². The molecule has 8 nitrogen and oxygen atoms in total. The van der Waals surface area contributed by atoms with Crippen LogP contribution in [0.2, 0.25) is 0 Å². The average Bonchev–Trinajstić information content (AvgIpc) is 2.79. The van der Waals surface area contributed by atoms with E-state index in [9.17, 15) is 19.5 Å². The molecule has 0 spiro atoms. The highest BCUT2D eigenvalue weighted by Gasteiger charge is 2.23. The van der Waals surface area contributed by atoms with Gasteiger partial charge < -0.3 is 25.3 Å². The Hall–Kier alpha value is -3.55. The molecule has 27 heavy (non-hydrogen) atoms. The van der Waals surface area contributed by atoms with Crippen LogP contribution in [0.5, 0.6) is 0 Å². The molecule has 0 radical (unpaired) electrons. The number of fused-ring (bicyclic) bond motifs is 1. The minimum atomic E-state index is -1.33. The van der Waals surface area contributed by atoms with Gasteiger partial charge in [0.15, 0.2) is 0 Å². The van der Waals surface area contributed by atoms with Gasteiger partial charge in [0.1, 0.15) is 12.6 Å². The summed E-state index contributed by atoms with van der Waals surface area (Å²) >= 11 is 0. The van der Waals surface area contributed by atoms with Gasteiger partial charge in [0.2, 0.25) is 5.91 Å². The van der Waals surface area contributed by atoms with Crippen molar-refractivity contribution >= 4 is 29.3 Å². The number of amides is 2. The maximum Gasteiger partial charge on any atom is 0.411 e. The number of nitrogens with one attached hydrogen (secondary N) is 3. The number of rotatable bonds is 5. The summed E-state index contributed by atoms with van der Waals surface area (Å²) in [5.74, 6) is -1.75. The van der Waals surface area contributed by atoms with Crippen molar-refractivity contribution in [2.24, 2.45) is 0 Å². The van der Waals surface area contributed by atoms with Gasteiger partial charge >= 0.3 is 6.09 Å². The largest absolute Gasteiger partial charge is 0.550 e. The number of hydrogen-bond donors (Lipinski definition) is 3. The second-order valence-corrected chi connectivity index (χ2v) is 6.05. The van der Waals surface area contributed by atoms with E-state index >= 15 is 0 Å². The van der Waals surface area contributed by atoms with Crippen LogP contribution in [0.4, 0.5) is 16.2 Å². The summed E-state index contributed by atoms with van der Waals surface area (Å²) in [5, 5.41) is 19.0. The molecule has 0 aromatic heterocycles. The van der Waals surface area contributed by atoms with Crippen LogP contribution in [0.25, 0.3) is 0 Å². The van der Waals surface area contributed by atoms with Gasteiger partial charge in [-0.1, -0.05) is 36.4 Å². The molecule has 3 rings (SSSR count). The fourth-order valence-electron chi connectivity index (χ4n) is 2.69. The lowest BCUT2D eigenvalue weighted by Gasteiger charge is -2.17. The van der Waals surface area contributed by atoms with Crippen LogP contribution < -0.4 is 21.1 Å². The van der Waals surface area contributed by atoms with Crippen molar-refractivity contribution in [1.29, 1.82) is 0 Å². The van der Waals surface area contributed by atoms with Crippen molar-refractivity contribution in [3.05, 3.63) is 59.7 Å².